The molecule has 0 spiro atoms. The summed E-state index contributed by atoms with van der Waals surface area (Å²) in [5.74, 6) is -6.84. The molecule has 11 nitrogen and oxygen atoms in total. The highest BCUT2D eigenvalue weighted by Gasteiger charge is 2.59. The zero-order valence-electron chi connectivity index (χ0n) is 23.4. The van der Waals surface area contributed by atoms with Crippen molar-refractivity contribution in [2.24, 2.45) is 29.6 Å². The Morgan fingerprint density at radius 3 is 0.757 bits per heavy atom. The van der Waals surface area contributed by atoms with Gasteiger partial charge >= 0.3 is 29.8 Å². The normalized spacial score (nSPS) is 25.8. The lowest BCUT2D eigenvalue weighted by Gasteiger charge is -2.46. The van der Waals surface area contributed by atoms with Crippen LogP contribution >= 0.6 is 0 Å². The predicted molar refractivity (Wildman–Crippen MR) is 130 cm³/mol. The van der Waals surface area contributed by atoms with Crippen molar-refractivity contribution >= 4 is 29.8 Å². The molecule has 0 bridgehead atoms. The summed E-state index contributed by atoms with van der Waals surface area (Å²) in [5, 5.41) is 11.3. The van der Waals surface area contributed by atoms with E-state index < -0.39 is 96.1 Å². The molecule has 0 aliphatic heterocycles. The van der Waals surface area contributed by atoms with Crippen molar-refractivity contribution in [2.45, 2.75) is 106 Å². The molecule has 0 heterocycles. The molecular weight excluding hydrogens is 488 g/mol. The van der Waals surface area contributed by atoms with E-state index >= 15 is 0 Å². The van der Waals surface area contributed by atoms with Crippen molar-refractivity contribution in [3.8, 4) is 0 Å². The van der Waals surface area contributed by atoms with Gasteiger partial charge in [0.25, 0.3) is 0 Å². The number of carbonyl (C=O) groups excluding carboxylic acids is 5. The highest BCUT2D eigenvalue weighted by Crippen LogP contribution is 2.34. The van der Waals surface area contributed by atoms with Crippen LogP contribution in [0.15, 0.2) is 0 Å². The molecular formula is C26H42O11. The van der Waals surface area contributed by atoms with Gasteiger partial charge in [-0.05, 0) is 0 Å². The first-order valence-corrected chi connectivity index (χ1v) is 12.7. The molecule has 6 atom stereocenters. The van der Waals surface area contributed by atoms with Crippen LogP contribution in [0.1, 0.15) is 69.2 Å². The SMILES string of the molecule is CC(C)C(=O)OC1[C@@H](OC(=O)C(C)C)[C@H](OC(=O)C(C)C)C(O)[C@H](OC(=O)C(C)C)[C@@H]1OC(=O)C(C)C. The summed E-state index contributed by atoms with van der Waals surface area (Å²) in [6.07, 6.45) is -9.65. The van der Waals surface area contributed by atoms with E-state index in [1.165, 1.54) is 0 Å². The zero-order valence-corrected chi connectivity index (χ0v) is 23.4. The Morgan fingerprint density at radius 2 is 0.568 bits per heavy atom. The van der Waals surface area contributed by atoms with Gasteiger partial charge < -0.3 is 28.8 Å². The standard InChI is InChI=1S/C26H42O11/c1-11(2)22(28)33-17-16(27)18(34-23(29)12(3)4)20(36-25(31)14(7)8)21(37-26(32)15(9)10)19(17)35-24(30)13(5)6/h11-21,27H,1-10H3/t16?,17-,18+,19-,20-,21?/m0/s1. The fourth-order valence-corrected chi connectivity index (χ4v) is 3.16. The third kappa shape index (κ3) is 8.69. The van der Waals surface area contributed by atoms with Gasteiger partial charge in [0.2, 0.25) is 0 Å². The van der Waals surface area contributed by atoms with Crippen molar-refractivity contribution in [3.63, 3.8) is 0 Å². The molecule has 1 fully saturated rings. The molecule has 1 aliphatic rings. The third-order valence-electron chi connectivity index (χ3n) is 5.59. The van der Waals surface area contributed by atoms with Crippen molar-refractivity contribution in [1.29, 1.82) is 0 Å². The Morgan fingerprint density at radius 1 is 0.405 bits per heavy atom. The molecule has 1 N–H and O–H groups in total. The van der Waals surface area contributed by atoms with E-state index in [4.69, 9.17) is 23.7 Å². The van der Waals surface area contributed by atoms with Gasteiger partial charge in [-0.1, -0.05) is 69.2 Å². The largest absolute Gasteiger partial charge is 0.455 e. The second-order valence-electron chi connectivity index (χ2n) is 10.8. The van der Waals surface area contributed by atoms with Gasteiger partial charge in [-0.15, -0.1) is 0 Å². The molecule has 1 aliphatic carbocycles. The molecule has 1 rings (SSSR count). The number of aliphatic hydroxyl groups excluding tert-OH is 1. The van der Waals surface area contributed by atoms with E-state index in [1.54, 1.807) is 69.2 Å². The van der Waals surface area contributed by atoms with E-state index in [0.717, 1.165) is 0 Å². The lowest BCUT2D eigenvalue weighted by atomic mass is 9.83. The van der Waals surface area contributed by atoms with Gasteiger partial charge in [-0.25, -0.2) is 0 Å². The topological polar surface area (TPSA) is 152 Å². The van der Waals surface area contributed by atoms with E-state index in [1.807, 2.05) is 0 Å². The second-order valence-corrected chi connectivity index (χ2v) is 10.8. The number of aliphatic hydroxyl groups is 1. The minimum Gasteiger partial charge on any atom is -0.455 e. The van der Waals surface area contributed by atoms with Gasteiger partial charge in [0, 0.05) is 0 Å². The summed E-state index contributed by atoms with van der Waals surface area (Å²) in [4.78, 5) is 63.2. The first-order chi connectivity index (χ1) is 17.0. The predicted octanol–water partition coefficient (Wildman–Crippen LogP) is 2.20. The van der Waals surface area contributed by atoms with Gasteiger partial charge in [0.05, 0.1) is 29.6 Å². The molecule has 11 heteroatoms. The lowest BCUT2D eigenvalue weighted by molar-refractivity contribution is -0.260. The lowest BCUT2D eigenvalue weighted by Crippen LogP contribution is -2.68. The summed E-state index contributed by atoms with van der Waals surface area (Å²) in [7, 11) is 0. The van der Waals surface area contributed by atoms with Crippen molar-refractivity contribution in [2.75, 3.05) is 0 Å². The molecule has 37 heavy (non-hydrogen) atoms. The second kappa shape index (κ2) is 13.7. The van der Waals surface area contributed by atoms with Gasteiger partial charge in [0.15, 0.2) is 30.5 Å². The smallest absolute Gasteiger partial charge is 0.308 e. The van der Waals surface area contributed by atoms with Gasteiger partial charge in [-0.3, -0.25) is 24.0 Å². The van der Waals surface area contributed by atoms with Crippen LogP contribution in [0.4, 0.5) is 0 Å². The molecule has 0 aromatic rings. The first-order valence-electron chi connectivity index (χ1n) is 12.7. The Kier molecular flexibility index (Phi) is 12.0. The number of hydrogen-bond donors (Lipinski definition) is 1. The van der Waals surface area contributed by atoms with E-state index in [-0.39, 0.29) is 0 Å². The first kappa shape index (κ1) is 32.3. The number of hydrogen-bond acceptors (Lipinski definition) is 11. The van der Waals surface area contributed by atoms with Crippen LogP contribution in [0.25, 0.3) is 0 Å². The van der Waals surface area contributed by atoms with Crippen molar-refractivity contribution in [1.82, 2.24) is 0 Å². The van der Waals surface area contributed by atoms with Crippen molar-refractivity contribution < 1.29 is 52.8 Å². The van der Waals surface area contributed by atoms with Crippen LogP contribution in [0.2, 0.25) is 0 Å². The van der Waals surface area contributed by atoms with Gasteiger partial charge in [0.1, 0.15) is 6.10 Å². The minimum absolute atomic E-state index is 0.626. The zero-order chi connectivity index (χ0) is 28.8. The summed E-state index contributed by atoms with van der Waals surface area (Å²) in [6.45, 7) is 15.6. The third-order valence-corrected chi connectivity index (χ3v) is 5.59. The van der Waals surface area contributed by atoms with E-state index in [0.29, 0.717) is 0 Å². The maximum Gasteiger partial charge on any atom is 0.308 e. The van der Waals surface area contributed by atoms with Crippen LogP contribution < -0.4 is 0 Å². The Bertz CT molecular complexity index is 774. The summed E-state index contributed by atoms with van der Waals surface area (Å²) < 4.78 is 27.9. The van der Waals surface area contributed by atoms with Crippen LogP contribution in [0, 0.1) is 29.6 Å². The van der Waals surface area contributed by atoms with Crippen LogP contribution in [0.3, 0.4) is 0 Å². The average Bonchev–Trinajstić information content (AvgIpc) is 2.79. The highest BCUT2D eigenvalue weighted by atomic mass is 16.7. The maximum absolute atomic E-state index is 12.7. The Labute approximate surface area is 218 Å². The fourth-order valence-electron chi connectivity index (χ4n) is 3.16. The summed E-state index contributed by atoms with van der Waals surface area (Å²) in [6, 6.07) is 0. The molecule has 0 aromatic carbocycles. The van der Waals surface area contributed by atoms with Crippen LogP contribution in [-0.4, -0.2) is 71.6 Å². The Hall–Kier alpha value is -2.69. The average molecular weight is 531 g/mol. The molecule has 0 aromatic heterocycles. The van der Waals surface area contributed by atoms with Crippen molar-refractivity contribution in [3.05, 3.63) is 0 Å². The molecule has 0 saturated heterocycles. The molecule has 212 valence electrons. The number of ether oxygens (including phenoxy) is 5. The number of esters is 5. The summed E-state index contributed by atoms with van der Waals surface area (Å²) in [5.41, 5.74) is 0. The summed E-state index contributed by atoms with van der Waals surface area (Å²) >= 11 is 0. The molecule has 2 unspecified atom stereocenters. The van der Waals surface area contributed by atoms with Crippen LogP contribution in [-0.2, 0) is 47.7 Å². The van der Waals surface area contributed by atoms with E-state index in [2.05, 4.69) is 0 Å². The van der Waals surface area contributed by atoms with Crippen LogP contribution in [0.5, 0.6) is 0 Å². The fraction of sp³-hybridized carbons (Fsp3) is 0.808. The monoisotopic (exact) mass is 530 g/mol. The Balaban J connectivity index is 3.76. The quantitative estimate of drug-likeness (QED) is 0.327. The molecule has 0 radical (unpaired) electrons. The molecule has 1 saturated carbocycles. The maximum atomic E-state index is 12.7. The molecule has 0 amide bonds. The number of rotatable bonds is 10. The minimum atomic E-state index is -1.78. The van der Waals surface area contributed by atoms with Gasteiger partial charge in [-0.2, -0.15) is 0 Å². The highest BCUT2D eigenvalue weighted by molar-refractivity contribution is 5.75. The van der Waals surface area contributed by atoms with E-state index in [9.17, 15) is 29.1 Å². The number of carbonyl (C=O) groups is 5.